The molecule has 0 saturated carbocycles. The second kappa shape index (κ2) is 7.13. The molecule has 92 valence electrons. The van der Waals surface area contributed by atoms with Crippen LogP contribution in [0.2, 0.25) is 0 Å². The molecule has 1 aromatic rings. The smallest absolute Gasteiger partial charge is 0.339 e. The number of hydrogen-bond donors (Lipinski definition) is 2. The van der Waals surface area contributed by atoms with Crippen LogP contribution in [-0.4, -0.2) is 26.2 Å². The van der Waals surface area contributed by atoms with Crippen LogP contribution >= 0.6 is 0 Å². The van der Waals surface area contributed by atoms with E-state index in [1.807, 2.05) is 0 Å². The number of benzene rings is 1. The van der Waals surface area contributed by atoms with Crippen molar-refractivity contribution in [3.05, 3.63) is 34.9 Å². The largest absolute Gasteiger partial charge is 0.465 e. The Hall–Kier alpha value is -2.27. The molecule has 0 radical (unpaired) electrons. The van der Waals surface area contributed by atoms with Gasteiger partial charge >= 0.3 is 5.97 Å². The predicted octanol–water partition coefficient (Wildman–Crippen LogP) is 0.0936. The van der Waals surface area contributed by atoms with E-state index in [-0.39, 0.29) is 13.1 Å². The molecule has 0 aliphatic rings. The van der Waals surface area contributed by atoms with Crippen LogP contribution in [0.3, 0.4) is 0 Å². The molecule has 18 heavy (non-hydrogen) atoms. The summed E-state index contributed by atoms with van der Waals surface area (Å²) in [4.78, 5) is 11.5. The summed E-state index contributed by atoms with van der Waals surface area (Å²) in [6.07, 6.45) is 0. The highest BCUT2D eigenvalue weighted by molar-refractivity contribution is 5.92. The van der Waals surface area contributed by atoms with Gasteiger partial charge in [-0.05, 0) is 18.2 Å². The predicted molar refractivity (Wildman–Crippen MR) is 69.6 cm³/mol. The molecular formula is C14H14N2O2. The molecule has 0 aliphatic carbocycles. The first-order chi connectivity index (χ1) is 8.72. The number of carbonyl (C=O) groups is 1. The van der Waals surface area contributed by atoms with Crippen LogP contribution in [0.5, 0.6) is 0 Å². The van der Waals surface area contributed by atoms with E-state index in [0.29, 0.717) is 11.1 Å². The van der Waals surface area contributed by atoms with E-state index >= 15 is 0 Å². The van der Waals surface area contributed by atoms with Crippen LogP contribution in [0.1, 0.15) is 21.5 Å². The molecule has 0 bridgehead atoms. The van der Waals surface area contributed by atoms with Crippen molar-refractivity contribution in [3.8, 4) is 23.7 Å². The second-order valence-corrected chi connectivity index (χ2v) is 3.26. The van der Waals surface area contributed by atoms with Gasteiger partial charge in [0.25, 0.3) is 0 Å². The topological polar surface area (TPSA) is 78.3 Å². The lowest BCUT2D eigenvalue weighted by molar-refractivity contribution is 0.0600. The normalized spacial score (nSPS) is 8.61. The lowest BCUT2D eigenvalue weighted by Crippen LogP contribution is -2.04. The Bertz CT molecular complexity index is 557. The highest BCUT2D eigenvalue weighted by atomic mass is 16.5. The van der Waals surface area contributed by atoms with Crippen molar-refractivity contribution in [3.63, 3.8) is 0 Å². The van der Waals surface area contributed by atoms with Crippen LogP contribution in [-0.2, 0) is 4.74 Å². The van der Waals surface area contributed by atoms with Crippen molar-refractivity contribution in [2.45, 2.75) is 0 Å². The molecule has 0 aliphatic heterocycles. The lowest BCUT2D eigenvalue weighted by atomic mass is 10.0. The quantitative estimate of drug-likeness (QED) is 0.540. The van der Waals surface area contributed by atoms with Gasteiger partial charge in [0.1, 0.15) is 0 Å². The lowest BCUT2D eigenvalue weighted by Gasteiger charge is -2.03. The van der Waals surface area contributed by atoms with Gasteiger partial charge in [0, 0.05) is 11.1 Å². The molecule has 0 saturated heterocycles. The highest BCUT2D eigenvalue weighted by Crippen LogP contribution is 2.12. The number of nitrogens with two attached hydrogens (primary N) is 2. The molecule has 0 amide bonds. The Labute approximate surface area is 106 Å². The van der Waals surface area contributed by atoms with E-state index in [9.17, 15) is 4.79 Å². The monoisotopic (exact) mass is 242 g/mol. The third-order valence-electron chi connectivity index (χ3n) is 2.08. The van der Waals surface area contributed by atoms with Gasteiger partial charge in [0.15, 0.2) is 0 Å². The Kier molecular flexibility index (Phi) is 5.47. The molecule has 4 nitrogen and oxygen atoms in total. The molecule has 0 unspecified atom stereocenters. The van der Waals surface area contributed by atoms with Gasteiger partial charge < -0.3 is 16.2 Å². The first-order valence-electron chi connectivity index (χ1n) is 5.33. The molecule has 0 atom stereocenters. The van der Waals surface area contributed by atoms with Crippen molar-refractivity contribution in [2.24, 2.45) is 11.5 Å². The summed E-state index contributed by atoms with van der Waals surface area (Å²) in [6, 6.07) is 5.08. The molecule has 0 heterocycles. The zero-order valence-electron chi connectivity index (χ0n) is 10.1. The Morgan fingerprint density at radius 3 is 2.50 bits per heavy atom. The van der Waals surface area contributed by atoms with Crippen LogP contribution in [0.25, 0.3) is 0 Å². The van der Waals surface area contributed by atoms with Gasteiger partial charge in [-0.3, -0.25) is 0 Å². The average Bonchev–Trinajstić information content (AvgIpc) is 2.42. The van der Waals surface area contributed by atoms with Crippen molar-refractivity contribution in [1.29, 1.82) is 0 Å². The fraction of sp³-hybridized carbons (Fsp3) is 0.214. The van der Waals surface area contributed by atoms with E-state index in [2.05, 4.69) is 28.4 Å². The first kappa shape index (κ1) is 13.8. The first-order valence-corrected chi connectivity index (χ1v) is 5.33. The molecule has 4 heteroatoms. The third kappa shape index (κ3) is 3.64. The average molecular weight is 242 g/mol. The van der Waals surface area contributed by atoms with Gasteiger partial charge in [-0.1, -0.05) is 23.7 Å². The summed E-state index contributed by atoms with van der Waals surface area (Å²) < 4.78 is 4.68. The minimum atomic E-state index is -0.436. The fourth-order valence-corrected chi connectivity index (χ4v) is 1.31. The molecule has 1 rings (SSSR count). The standard InChI is InChI=1S/C14H14N2O2/c1-18-14(17)13-7-6-11(4-2-8-15)10-12(13)5-3-9-16/h6-7,10H,8-9,15-16H2,1H3. The van der Waals surface area contributed by atoms with Gasteiger partial charge in [0.05, 0.1) is 25.8 Å². The Morgan fingerprint density at radius 2 is 1.89 bits per heavy atom. The maximum atomic E-state index is 11.5. The van der Waals surface area contributed by atoms with E-state index < -0.39 is 5.97 Å². The van der Waals surface area contributed by atoms with Crippen LogP contribution in [0, 0.1) is 23.7 Å². The van der Waals surface area contributed by atoms with Crippen LogP contribution < -0.4 is 11.5 Å². The van der Waals surface area contributed by atoms with Crippen molar-refractivity contribution < 1.29 is 9.53 Å². The van der Waals surface area contributed by atoms with E-state index in [1.165, 1.54) is 7.11 Å². The summed E-state index contributed by atoms with van der Waals surface area (Å²) in [6.45, 7) is 0.502. The number of ether oxygens (including phenoxy) is 1. The van der Waals surface area contributed by atoms with Crippen molar-refractivity contribution in [1.82, 2.24) is 0 Å². The maximum Gasteiger partial charge on any atom is 0.339 e. The number of hydrogen-bond acceptors (Lipinski definition) is 4. The molecule has 4 N–H and O–H groups in total. The molecule has 1 aromatic carbocycles. The molecule has 0 spiro atoms. The van der Waals surface area contributed by atoms with Crippen LogP contribution in [0.4, 0.5) is 0 Å². The second-order valence-electron chi connectivity index (χ2n) is 3.26. The number of rotatable bonds is 1. The van der Waals surface area contributed by atoms with Gasteiger partial charge in [0.2, 0.25) is 0 Å². The number of carbonyl (C=O) groups excluding carboxylic acids is 1. The third-order valence-corrected chi connectivity index (χ3v) is 2.08. The summed E-state index contributed by atoms with van der Waals surface area (Å²) >= 11 is 0. The number of esters is 1. The maximum absolute atomic E-state index is 11.5. The Balaban J connectivity index is 3.24. The van der Waals surface area contributed by atoms with Crippen LogP contribution in [0.15, 0.2) is 18.2 Å². The summed E-state index contributed by atoms with van der Waals surface area (Å²) in [7, 11) is 1.32. The molecular weight excluding hydrogens is 228 g/mol. The molecule has 0 aromatic heterocycles. The highest BCUT2D eigenvalue weighted by Gasteiger charge is 2.10. The van der Waals surface area contributed by atoms with Gasteiger partial charge in [-0.2, -0.15) is 0 Å². The summed E-state index contributed by atoms with van der Waals surface area (Å²) in [5, 5.41) is 0. The SMILES string of the molecule is COC(=O)c1ccc(C#CCN)cc1C#CCN. The number of methoxy groups -OCH3 is 1. The van der Waals surface area contributed by atoms with Gasteiger partial charge in [-0.15, -0.1) is 0 Å². The van der Waals surface area contributed by atoms with E-state index in [1.54, 1.807) is 18.2 Å². The minimum absolute atomic E-state index is 0.222. The minimum Gasteiger partial charge on any atom is -0.465 e. The Morgan fingerprint density at radius 1 is 1.22 bits per heavy atom. The van der Waals surface area contributed by atoms with Crippen molar-refractivity contribution in [2.75, 3.05) is 20.2 Å². The van der Waals surface area contributed by atoms with E-state index in [0.717, 1.165) is 5.56 Å². The summed E-state index contributed by atoms with van der Waals surface area (Å²) in [5.74, 6) is 10.7. The zero-order chi connectivity index (χ0) is 13.4. The van der Waals surface area contributed by atoms with Crippen molar-refractivity contribution >= 4 is 5.97 Å². The van der Waals surface area contributed by atoms with E-state index in [4.69, 9.17) is 11.5 Å². The summed E-state index contributed by atoms with van der Waals surface area (Å²) in [5.41, 5.74) is 12.3. The zero-order valence-corrected chi connectivity index (χ0v) is 10.1. The van der Waals surface area contributed by atoms with Gasteiger partial charge in [-0.25, -0.2) is 4.79 Å². The molecule has 0 fully saturated rings. The fourth-order valence-electron chi connectivity index (χ4n) is 1.31.